The maximum absolute atomic E-state index is 12.3. The van der Waals surface area contributed by atoms with E-state index in [9.17, 15) is 79.5 Å². The van der Waals surface area contributed by atoms with E-state index in [2.05, 4.69) is 14.2 Å². The molecular formula is C23H17F9N2O11S5. The van der Waals surface area contributed by atoms with E-state index < -0.39 is 52.6 Å². The van der Waals surface area contributed by atoms with Crippen LogP contribution >= 0.6 is 22.7 Å². The van der Waals surface area contributed by atoms with Gasteiger partial charge < -0.3 is 9.29 Å². The molecule has 2 aromatic heterocycles. The Balaban J connectivity index is 0.000000268. The first-order valence-corrected chi connectivity index (χ1v) is 18.0. The van der Waals surface area contributed by atoms with Gasteiger partial charge in [-0.05, 0) is 52.0 Å². The Morgan fingerprint density at radius 3 is 1.38 bits per heavy atom. The van der Waals surface area contributed by atoms with Crippen molar-refractivity contribution in [2.45, 2.75) is 44.2 Å². The minimum Gasteiger partial charge on any atom is -0.506 e. The highest BCUT2D eigenvalue weighted by atomic mass is 32.3. The molecule has 0 saturated heterocycles. The molecule has 27 heteroatoms. The third-order valence-corrected chi connectivity index (χ3v) is 10.8. The van der Waals surface area contributed by atoms with Gasteiger partial charge in [-0.25, -0.2) is 9.97 Å². The molecule has 4 rings (SSSR count). The van der Waals surface area contributed by atoms with Crippen molar-refractivity contribution in [3.63, 3.8) is 0 Å². The number of hydrogen-bond donors (Lipinski definition) is 1. The van der Waals surface area contributed by atoms with Crippen molar-refractivity contribution < 1.29 is 87.3 Å². The Morgan fingerprint density at radius 1 is 0.640 bits per heavy atom. The van der Waals surface area contributed by atoms with Crippen LogP contribution in [0.1, 0.15) is 44.6 Å². The smallest absolute Gasteiger partial charge is 0.506 e. The van der Waals surface area contributed by atoms with Gasteiger partial charge in [0.25, 0.3) is 0 Å². The highest BCUT2D eigenvalue weighted by molar-refractivity contribution is 8.00. The zero-order valence-corrected chi connectivity index (χ0v) is 28.8. The number of aryl methyl sites for hydroxylation is 2. The fourth-order valence-electron chi connectivity index (χ4n) is 3.17. The highest BCUT2D eigenvalue weighted by Gasteiger charge is 2.57. The molecule has 278 valence electrons. The van der Waals surface area contributed by atoms with E-state index in [0.717, 1.165) is 27.1 Å². The van der Waals surface area contributed by atoms with Crippen molar-refractivity contribution in [2.24, 2.45) is 0 Å². The SMILES string of the molecule is CC(=O)c1ccc(O)c2nc(C)sc12.CC(=O)c1ccc(OS(=O)(=O)C(F)(F)F)c2nc(C)sc12.O=S(=O)(OS(=O)(=O)C(F)(F)F)C(F)(F)F. The molecule has 2 aromatic carbocycles. The Hall–Kier alpha value is -3.66. The van der Waals surface area contributed by atoms with Gasteiger partial charge >= 0.3 is 46.9 Å². The number of carbonyl (C=O) groups is 2. The van der Waals surface area contributed by atoms with Crippen LogP contribution < -0.4 is 4.18 Å². The van der Waals surface area contributed by atoms with Gasteiger partial charge in [-0.2, -0.15) is 64.8 Å². The van der Waals surface area contributed by atoms with Crippen LogP contribution in [0, 0.1) is 13.8 Å². The van der Waals surface area contributed by atoms with Crippen LogP contribution in [-0.2, 0) is 34.0 Å². The Morgan fingerprint density at radius 2 is 1.00 bits per heavy atom. The van der Waals surface area contributed by atoms with Gasteiger partial charge in [-0.1, -0.05) is 0 Å². The topological polar surface area (TPSA) is 201 Å². The number of aromatic hydroxyl groups is 1. The molecule has 1 N–H and O–H groups in total. The van der Waals surface area contributed by atoms with Crippen molar-refractivity contribution in [3.05, 3.63) is 45.4 Å². The second-order valence-corrected chi connectivity index (χ2v) is 16.3. The van der Waals surface area contributed by atoms with E-state index in [1.165, 1.54) is 37.3 Å². The minimum absolute atomic E-state index is 0.00125. The summed E-state index contributed by atoms with van der Waals surface area (Å²) in [5.74, 6) is -0.737. The quantitative estimate of drug-likeness (QED) is 0.0990. The Kier molecular flexibility index (Phi) is 12.3. The molecule has 0 unspecified atom stereocenters. The fourth-order valence-corrected chi connectivity index (χ4v) is 7.20. The summed E-state index contributed by atoms with van der Waals surface area (Å²) in [5, 5.41) is 10.8. The number of hydrogen-bond acceptors (Lipinski definition) is 15. The first-order chi connectivity index (χ1) is 22.3. The molecule has 0 atom stereocenters. The lowest BCUT2D eigenvalue weighted by molar-refractivity contribution is -0.0586. The first kappa shape index (κ1) is 42.5. The number of aromatic nitrogens is 2. The van der Waals surface area contributed by atoms with Crippen molar-refractivity contribution in [3.8, 4) is 11.5 Å². The van der Waals surface area contributed by atoms with Crippen LogP contribution in [0.15, 0.2) is 24.3 Å². The number of ketones is 2. The fraction of sp³-hybridized carbons (Fsp3) is 0.304. The van der Waals surface area contributed by atoms with Crippen molar-refractivity contribution >= 4 is 85.0 Å². The van der Waals surface area contributed by atoms with Crippen LogP contribution in [0.25, 0.3) is 20.4 Å². The highest BCUT2D eigenvalue weighted by Crippen LogP contribution is 2.36. The zero-order valence-electron chi connectivity index (χ0n) is 24.7. The molecule has 0 aliphatic heterocycles. The summed E-state index contributed by atoms with van der Waals surface area (Å²) in [5.41, 5.74) is -16.7. The minimum atomic E-state index is -6.85. The Bertz CT molecular complexity index is 2230. The molecule has 0 aliphatic carbocycles. The maximum Gasteiger partial charge on any atom is 0.534 e. The monoisotopic (exact) mass is 828 g/mol. The van der Waals surface area contributed by atoms with Gasteiger partial charge in [0.05, 0.1) is 19.4 Å². The van der Waals surface area contributed by atoms with E-state index in [4.69, 9.17) is 0 Å². The molecule has 13 nitrogen and oxygen atoms in total. The third-order valence-electron chi connectivity index (χ3n) is 5.23. The second kappa shape index (κ2) is 14.5. The normalized spacial score (nSPS) is 12.9. The molecule has 0 saturated carbocycles. The molecule has 2 heterocycles. The summed E-state index contributed by atoms with van der Waals surface area (Å²) in [6.45, 7) is 6.24. The van der Waals surface area contributed by atoms with Crippen LogP contribution in [0.4, 0.5) is 39.5 Å². The lowest BCUT2D eigenvalue weighted by Crippen LogP contribution is -2.34. The number of thiazole rings is 2. The third kappa shape index (κ3) is 9.77. The summed E-state index contributed by atoms with van der Waals surface area (Å²) < 4.78 is 174. The molecule has 0 amide bonds. The lowest BCUT2D eigenvalue weighted by Gasteiger charge is -2.10. The predicted octanol–water partition coefficient (Wildman–Crippen LogP) is 6.25. The number of benzene rings is 2. The summed E-state index contributed by atoms with van der Waals surface area (Å²) in [4.78, 5) is 30.8. The van der Waals surface area contributed by atoms with Gasteiger partial charge in [-0.3, -0.25) is 9.59 Å². The van der Waals surface area contributed by atoms with Gasteiger partial charge in [0.1, 0.15) is 16.8 Å². The average Bonchev–Trinajstić information content (AvgIpc) is 3.49. The number of fused-ring (bicyclic) bond motifs is 2. The number of alkyl halides is 9. The van der Waals surface area contributed by atoms with Gasteiger partial charge in [-0.15, -0.1) is 26.3 Å². The largest absolute Gasteiger partial charge is 0.534 e. The van der Waals surface area contributed by atoms with Gasteiger partial charge in [0.15, 0.2) is 17.3 Å². The Labute approximate surface area is 282 Å². The molecule has 4 aromatic rings. The van der Waals surface area contributed by atoms with Gasteiger partial charge in [0, 0.05) is 11.1 Å². The number of Topliss-reactive ketones (excluding diaryl/α,β-unsaturated/α-hetero) is 2. The molecule has 0 spiro atoms. The van der Waals surface area contributed by atoms with Crippen LogP contribution in [0.2, 0.25) is 0 Å². The number of carbonyl (C=O) groups excluding carboxylic acids is 2. The van der Waals surface area contributed by atoms with Crippen molar-refractivity contribution in [1.29, 1.82) is 0 Å². The zero-order chi connectivity index (χ0) is 39.0. The molecule has 0 fully saturated rings. The van der Waals surface area contributed by atoms with E-state index in [1.54, 1.807) is 13.0 Å². The number of rotatable bonds is 6. The lowest BCUT2D eigenvalue weighted by atomic mass is 10.1. The predicted molar refractivity (Wildman–Crippen MR) is 157 cm³/mol. The molecule has 50 heavy (non-hydrogen) atoms. The average molecular weight is 829 g/mol. The van der Waals surface area contributed by atoms with E-state index in [1.807, 2.05) is 10.6 Å². The summed E-state index contributed by atoms with van der Waals surface area (Å²) in [6.07, 6.45) is 0. The van der Waals surface area contributed by atoms with Crippen molar-refractivity contribution in [2.75, 3.05) is 0 Å². The number of phenols is 1. The second-order valence-electron chi connectivity index (χ2n) is 9.03. The van der Waals surface area contributed by atoms with Gasteiger partial charge in [0.2, 0.25) is 0 Å². The first-order valence-electron chi connectivity index (χ1n) is 12.2. The van der Waals surface area contributed by atoms with E-state index >= 15 is 0 Å². The number of nitrogens with zero attached hydrogens (tertiary/aromatic N) is 2. The van der Waals surface area contributed by atoms with Crippen LogP contribution in [0.5, 0.6) is 11.5 Å². The van der Waals surface area contributed by atoms with Crippen LogP contribution in [-0.4, -0.2) is 68.4 Å². The number of halogens is 9. The van der Waals surface area contributed by atoms with E-state index in [0.29, 0.717) is 16.1 Å². The molecule has 0 bridgehead atoms. The molecule has 0 radical (unpaired) electrons. The molecular weight excluding hydrogens is 812 g/mol. The van der Waals surface area contributed by atoms with Crippen molar-refractivity contribution in [1.82, 2.24) is 9.97 Å². The molecule has 0 aliphatic rings. The summed E-state index contributed by atoms with van der Waals surface area (Å²) in [6, 6.07) is 5.35. The maximum atomic E-state index is 12.3. The standard InChI is InChI=1S/C11H8F3NO4S2.C10H9NO2S.C2F6O5S2/c1-5(16)7-3-4-8(9-10(7)20-6(2)15-9)19-21(17,18)11(12,13)14;1-5(12)7-3-4-8(13)9-10(7)14-6(2)11-9;3-1(4,5)14(9,10)13-15(11,12)2(6,7)8/h3-4H,1-2H3;3-4,13H,1-2H3;. The number of phenolic OH excluding ortho intramolecular Hbond substituents is 1. The van der Waals surface area contributed by atoms with Crippen LogP contribution in [0.3, 0.4) is 0 Å². The summed E-state index contributed by atoms with van der Waals surface area (Å²) in [7, 11) is -19.5. The van der Waals surface area contributed by atoms with E-state index in [-0.39, 0.29) is 33.1 Å². The summed E-state index contributed by atoms with van der Waals surface area (Å²) >= 11 is 2.50.